The number of aromatic carboxylic acids is 1. The van der Waals surface area contributed by atoms with Crippen LogP contribution in [0, 0.1) is 17.3 Å². The Morgan fingerprint density at radius 3 is 2.58 bits per heavy atom. The number of nitro benzene ring substituents is 1. The molecule has 0 saturated carbocycles. The van der Waals surface area contributed by atoms with E-state index in [1.54, 1.807) is 6.07 Å². The number of hydrogen-bond donors (Lipinski definition) is 1. The summed E-state index contributed by atoms with van der Waals surface area (Å²) in [6.45, 7) is -0.0538. The lowest BCUT2D eigenvalue weighted by Gasteiger charge is -2.13. The number of nitro groups is 1. The molecule has 24 heavy (non-hydrogen) atoms. The molecule has 0 unspecified atom stereocenters. The van der Waals surface area contributed by atoms with Crippen LogP contribution >= 0.6 is 45.2 Å². The number of carboxylic acids is 1. The van der Waals surface area contributed by atoms with E-state index in [-0.39, 0.29) is 23.6 Å². The molecule has 0 amide bonds. The first kappa shape index (κ1) is 18.7. The van der Waals surface area contributed by atoms with Crippen molar-refractivity contribution in [3.63, 3.8) is 0 Å². The Morgan fingerprint density at radius 2 is 2.00 bits per heavy atom. The molecule has 2 rings (SSSR count). The van der Waals surface area contributed by atoms with Crippen molar-refractivity contribution in [2.24, 2.45) is 0 Å². The smallest absolute Gasteiger partial charge is 0.339 e. The standard InChI is InChI=1S/C15H11I2NO6/c1-23-13-3-2-10(18(21)22)4-8(13)7-24-14-11(15(19)20)5-9(16)6-12(14)17/h2-6H,7H2,1H3,(H,19,20). The molecule has 1 N–H and O–H groups in total. The lowest BCUT2D eigenvalue weighted by molar-refractivity contribution is -0.385. The van der Waals surface area contributed by atoms with Gasteiger partial charge in [-0.05, 0) is 63.4 Å². The van der Waals surface area contributed by atoms with Gasteiger partial charge in [-0.1, -0.05) is 0 Å². The van der Waals surface area contributed by atoms with Crippen LogP contribution in [0.5, 0.6) is 11.5 Å². The van der Waals surface area contributed by atoms with Crippen molar-refractivity contribution in [2.75, 3.05) is 7.11 Å². The van der Waals surface area contributed by atoms with Crippen LogP contribution in [0.4, 0.5) is 5.69 Å². The van der Waals surface area contributed by atoms with Crippen LogP contribution in [0.15, 0.2) is 30.3 Å². The highest BCUT2D eigenvalue weighted by Crippen LogP contribution is 2.31. The lowest BCUT2D eigenvalue weighted by Crippen LogP contribution is -2.07. The van der Waals surface area contributed by atoms with E-state index >= 15 is 0 Å². The maximum absolute atomic E-state index is 11.4. The number of non-ortho nitro benzene ring substituents is 1. The lowest BCUT2D eigenvalue weighted by atomic mass is 10.1. The Kier molecular flexibility index (Phi) is 6.21. The average Bonchev–Trinajstić information content (AvgIpc) is 2.52. The summed E-state index contributed by atoms with van der Waals surface area (Å²) in [4.78, 5) is 21.8. The Bertz CT molecular complexity index is 809. The fourth-order valence-corrected chi connectivity index (χ4v) is 4.01. The normalized spacial score (nSPS) is 10.3. The van der Waals surface area contributed by atoms with E-state index in [1.165, 1.54) is 31.4 Å². The van der Waals surface area contributed by atoms with Gasteiger partial charge in [0.15, 0.2) is 0 Å². The highest BCUT2D eigenvalue weighted by Gasteiger charge is 2.18. The molecule has 7 nitrogen and oxygen atoms in total. The first-order chi connectivity index (χ1) is 11.3. The SMILES string of the molecule is COc1ccc([N+](=O)[O-])cc1COc1c(I)cc(I)cc1C(=O)O. The van der Waals surface area contributed by atoms with Crippen LogP contribution in [-0.4, -0.2) is 23.1 Å². The molecular weight excluding hydrogens is 544 g/mol. The van der Waals surface area contributed by atoms with Crippen molar-refractivity contribution in [1.29, 1.82) is 0 Å². The van der Waals surface area contributed by atoms with E-state index in [0.717, 1.165) is 3.57 Å². The second-order valence-electron chi connectivity index (χ2n) is 4.61. The molecule has 0 aliphatic heterocycles. The van der Waals surface area contributed by atoms with E-state index in [4.69, 9.17) is 9.47 Å². The second kappa shape index (κ2) is 7.96. The first-order valence-electron chi connectivity index (χ1n) is 6.50. The summed E-state index contributed by atoms with van der Waals surface area (Å²) in [5.74, 6) is -0.456. The molecule has 9 heteroatoms. The quantitative estimate of drug-likeness (QED) is 0.328. The molecule has 0 saturated heterocycles. The van der Waals surface area contributed by atoms with E-state index in [0.29, 0.717) is 14.9 Å². The summed E-state index contributed by atoms with van der Waals surface area (Å²) in [5, 5.41) is 20.2. The van der Waals surface area contributed by atoms with E-state index < -0.39 is 10.9 Å². The summed E-state index contributed by atoms with van der Waals surface area (Å²) < 4.78 is 12.2. The molecule has 0 fully saturated rings. The monoisotopic (exact) mass is 555 g/mol. The first-order valence-corrected chi connectivity index (χ1v) is 8.65. The van der Waals surface area contributed by atoms with Crippen LogP contribution in [0.25, 0.3) is 0 Å². The summed E-state index contributed by atoms with van der Waals surface area (Å²) in [5.41, 5.74) is 0.401. The average molecular weight is 555 g/mol. The zero-order valence-corrected chi connectivity index (χ0v) is 16.6. The fraction of sp³-hybridized carbons (Fsp3) is 0.133. The molecular formula is C15H11I2NO6. The number of carboxylic acid groups (broad SMARTS) is 1. The van der Waals surface area contributed by atoms with Gasteiger partial charge < -0.3 is 14.6 Å². The van der Waals surface area contributed by atoms with Crippen LogP contribution in [0.2, 0.25) is 0 Å². The van der Waals surface area contributed by atoms with E-state index in [2.05, 4.69) is 0 Å². The van der Waals surface area contributed by atoms with Gasteiger partial charge in [-0.25, -0.2) is 4.79 Å². The van der Waals surface area contributed by atoms with Crippen molar-refractivity contribution in [3.8, 4) is 11.5 Å². The topological polar surface area (TPSA) is 98.9 Å². The highest BCUT2D eigenvalue weighted by atomic mass is 127. The number of nitrogens with zero attached hydrogens (tertiary/aromatic N) is 1. The molecule has 0 radical (unpaired) electrons. The Morgan fingerprint density at radius 1 is 1.29 bits per heavy atom. The number of hydrogen-bond acceptors (Lipinski definition) is 5. The third-order valence-corrected chi connectivity index (χ3v) is 4.51. The zero-order chi connectivity index (χ0) is 17.9. The summed E-state index contributed by atoms with van der Waals surface area (Å²) >= 11 is 4.02. The molecule has 0 atom stereocenters. The fourth-order valence-electron chi connectivity index (χ4n) is 2.01. The van der Waals surface area contributed by atoms with Crippen molar-refractivity contribution in [1.82, 2.24) is 0 Å². The predicted octanol–water partition coefficient (Wildman–Crippen LogP) is 4.09. The van der Waals surface area contributed by atoms with Crippen molar-refractivity contribution >= 4 is 56.8 Å². The summed E-state index contributed by atoms with van der Waals surface area (Å²) in [6.07, 6.45) is 0. The van der Waals surface area contributed by atoms with Gasteiger partial charge in [0.2, 0.25) is 0 Å². The van der Waals surface area contributed by atoms with Gasteiger partial charge in [0.05, 0.1) is 15.6 Å². The number of rotatable bonds is 6. The Hall–Kier alpha value is -1.63. The largest absolute Gasteiger partial charge is 0.496 e. The molecule has 0 spiro atoms. The third-order valence-electron chi connectivity index (χ3n) is 3.09. The molecule has 0 aromatic heterocycles. The Balaban J connectivity index is 2.36. The number of carbonyl (C=O) groups is 1. The van der Waals surface area contributed by atoms with Gasteiger partial charge in [-0.3, -0.25) is 10.1 Å². The zero-order valence-electron chi connectivity index (χ0n) is 12.3. The van der Waals surface area contributed by atoms with Crippen LogP contribution in [-0.2, 0) is 6.61 Å². The highest BCUT2D eigenvalue weighted by molar-refractivity contribution is 14.1. The van der Waals surface area contributed by atoms with E-state index in [9.17, 15) is 20.0 Å². The minimum absolute atomic E-state index is 0.0377. The maximum atomic E-state index is 11.4. The van der Waals surface area contributed by atoms with Gasteiger partial charge >= 0.3 is 5.97 Å². The molecule has 0 heterocycles. The van der Waals surface area contributed by atoms with Gasteiger partial charge in [0.1, 0.15) is 23.7 Å². The van der Waals surface area contributed by atoms with Crippen molar-refractivity contribution in [3.05, 3.63) is 58.7 Å². The molecule has 0 aliphatic rings. The molecule has 2 aromatic carbocycles. The molecule has 2 aromatic rings. The van der Waals surface area contributed by atoms with Gasteiger partial charge in [-0.2, -0.15) is 0 Å². The summed E-state index contributed by atoms with van der Waals surface area (Å²) in [6, 6.07) is 7.45. The van der Waals surface area contributed by atoms with E-state index in [1.807, 2.05) is 45.2 Å². The third kappa shape index (κ3) is 4.26. The molecule has 0 bridgehead atoms. The minimum atomic E-state index is -1.10. The second-order valence-corrected chi connectivity index (χ2v) is 7.02. The maximum Gasteiger partial charge on any atom is 0.339 e. The molecule has 126 valence electrons. The van der Waals surface area contributed by atoms with Gasteiger partial charge in [0, 0.05) is 21.3 Å². The minimum Gasteiger partial charge on any atom is -0.496 e. The number of halogens is 2. The van der Waals surface area contributed by atoms with Crippen LogP contribution < -0.4 is 9.47 Å². The van der Waals surface area contributed by atoms with Crippen LogP contribution in [0.3, 0.4) is 0 Å². The number of benzene rings is 2. The van der Waals surface area contributed by atoms with Crippen LogP contribution in [0.1, 0.15) is 15.9 Å². The number of methoxy groups -OCH3 is 1. The van der Waals surface area contributed by atoms with Crippen molar-refractivity contribution < 1.29 is 24.3 Å². The predicted molar refractivity (Wildman–Crippen MR) is 103 cm³/mol. The molecule has 0 aliphatic carbocycles. The van der Waals surface area contributed by atoms with Gasteiger partial charge in [0.25, 0.3) is 5.69 Å². The van der Waals surface area contributed by atoms with Gasteiger partial charge in [-0.15, -0.1) is 0 Å². The Labute approximate surface area is 164 Å². The van der Waals surface area contributed by atoms with Crippen molar-refractivity contribution in [2.45, 2.75) is 6.61 Å². The summed E-state index contributed by atoms with van der Waals surface area (Å²) in [7, 11) is 1.45. The number of ether oxygens (including phenoxy) is 2.